The van der Waals surface area contributed by atoms with Gasteiger partial charge in [0, 0.05) is 0 Å². The normalized spacial score (nSPS) is 7.90. The summed E-state index contributed by atoms with van der Waals surface area (Å²) in [6.45, 7) is 18.1. The molecule has 0 unspecified atom stereocenters. The van der Waals surface area contributed by atoms with Gasteiger partial charge in [0.1, 0.15) is 0 Å². The van der Waals surface area contributed by atoms with Crippen LogP contribution in [0.3, 0.4) is 0 Å². The molecule has 122 valence electrons. The predicted molar refractivity (Wildman–Crippen MR) is 88.7 cm³/mol. The maximum absolute atomic E-state index is 3.97. The molecule has 1 heterocycles. The van der Waals surface area contributed by atoms with Crippen LogP contribution in [0, 0.1) is 0 Å². The van der Waals surface area contributed by atoms with Gasteiger partial charge in [-0.3, -0.25) is 5.21 Å². The molecule has 0 atom stereocenters. The van der Waals surface area contributed by atoms with E-state index in [0.29, 0.717) is 0 Å². The van der Waals surface area contributed by atoms with Gasteiger partial charge < -0.3 is 26.1 Å². The Morgan fingerprint density at radius 1 is 0.714 bits per heavy atom. The molecule has 21 heavy (non-hydrogen) atoms. The minimum Gasteiger partial charge on any atom is -0.663 e. The Labute approximate surface area is 146 Å². The summed E-state index contributed by atoms with van der Waals surface area (Å²) in [5.74, 6) is 0. The molecule has 0 saturated carbocycles. The molecule has 0 fully saturated rings. The number of nitrogens with zero attached hydrogens (tertiary/aromatic N) is 6. The first-order valence-corrected chi connectivity index (χ1v) is 7.39. The maximum atomic E-state index is 3.97. The third-order valence-corrected chi connectivity index (χ3v) is 1.64. The smallest absolute Gasteiger partial charge is 0.663 e. The molecule has 1 rings (SSSR count). The number of aromatic nitrogens is 3. The molecule has 0 radical (unpaired) electrons. The van der Waals surface area contributed by atoms with Crippen molar-refractivity contribution in [1.29, 1.82) is 0 Å². The summed E-state index contributed by atoms with van der Waals surface area (Å²) in [4.78, 5) is 0. The summed E-state index contributed by atoms with van der Waals surface area (Å²) in [5, 5.41) is 21.9. The average Bonchev–Trinajstić information content (AvgIpc) is 3.02. The van der Waals surface area contributed by atoms with Crippen LogP contribution in [-0.2, 0) is 21.7 Å². The first-order chi connectivity index (χ1) is 9.74. The Morgan fingerprint density at radius 2 is 1.05 bits per heavy atom. The van der Waals surface area contributed by atoms with Crippen molar-refractivity contribution < 1.29 is 21.7 Å². The minimum absolute atomic E-state index is 0. The molecule has 0 aromatic carbocycles. The van der Waals surface area contributed by atoms with Crippen molar-refractivity contribution in [2.24, 2.45) is 0 Å². The first kappa shape index (κ1) is 28.8. The van der Waals surface area contributed by atoms with E-state index in [4.69, 9.17) is 0 Å². The van der Waals surface area contributed by atoms with Crippen LogP contribution in [0.25, 0.3) is 16.0 Å². The fraction of sp³-hybridized carbons (Fsp3) is 0.857. The Bertz CT molecular complexity index is 160. The maximum Gasteiger partial charge on any atom is 4.00 e. The van der Waals surface area contributed by atoms with Crippen LogP contribution in [0.2, 0.25) is 0 Å². The van der Waals surface area contributed by atoms with Crippen LogP contribution in [0.4, 0.5) is 0 Å². The molecule has 0 aliphatic heterocycles. The molecule has 0 amide bonds. The second-order valence-electron chi connectivity index (χ2n) is 3.19. The van der Waals surface area contributed by atoms with Gasteiger partial charge in [0.2, 0.25) is 0 Å². The minimum atomic E-state index is 0. The second-order valence-corrected chi connectivity index (χ2v) is 3.19. The monoisotopic (exact) mass is 332 g/mol. The summed E-state index contributed by atoms with van der Waals surface area (Å²) in [6.07, 6.45) is 3.06. The predicted octanol–water partition coefficient (Wildman–Crippen LogP) is 3.63. The molecule has 1 aromatic rings. The fourth-order valence-electron chi connectivity index (χ4n) is 0.820. The van der Waals surface area contributed by atoms with Crippen molar-refractivity contribution in [2.75, 3.05) is 39.3 Å². The Balaban J connectivity index is -0.0000000903. The third-order valence-electron chi connectivity index (χ3n) is 1.64. The van der Waals surface area contributed by atoms with Gasteiger partial charge in [-0.2, -0.15) is 39.3 Å². The Hall–Kier alpha value is -0.266. The molecule has 0 bridgehead atoms. The van der Waals surface area contributed by atoms with Crippen molar-refractivity contribution >= 4 is 0 Å². The van der Waals surface area contributed by atoms with Gasteiger partial charge in [0.25, 0.3) is 0 Å². The van der Waals surface area contributed by atoms with Gasteiger partial charge in [-0.1, -0.05) is 53.9 Å². The van der Waals surface area contributed by atoms with Gasteiger partial charge in [0.05, 0.1) is 0 Å². The van der Waals surface area contributed by atoms with Crippen LogP contribution >= 0.6 is 0 Å². The van der Waals surface area contributed by atoms with Gasteiger partial charge in [-0.25, -0.2) is 0 Å². The van der Waals surface area contributed by atoms with Crippen molar-refractivity contribution in [2.45, 2.75) is 41.5 Å². The van der Waals surface area contributed by atoms with E-state index in [1.165, 1.54) is 12.4 Å². The van der Waals surface area contributed by atoms with E-state index in [1.54, 1.807) is 0 Å². The van der Waals surface area contributed by atoms with Gasteiger partial charge >= 0.3 is 21.7 Å². The summed E-state index contributed by atoms with van der Waals surface area (Å²) < 4.78 is 0. The fourth-order valence-corrected chi connectivity index (χ4v) is 0.820. The second kappa shape index (κ2) is 36.7. The molecular formula is C14H32N6Ti. The Kier molecular flexibility index (Phi) is 50.4. The summed E-state index contributed by atoms with van der Waals surface area (Å²) >= 11 is 0. The topological polar surface area (TPSA) is 82.2 Å². The van der Waals surface area contributed by atoms with Gasteiger partial charge in [-0.05, 0) is 0 Å². The number of hydrogen-bond acceptors (Lipinski definition) is 2. The molecular weight excluding hydrogens is 300 g/mol. The van der Waals surface area contributed by atoms with Crippen molar-refractivity contribution in [3.63, 3.8) is 0 Å². The van der Waals surface area contributed by atoms with Crippen molar-refractivity contribution in [1.82, 2.24) is 15.4 Å². The van der Waals surface area contributed by atoms with E-state index in [1.807, 2.05) is 41.5 Å². The SMILES string of the molecule is CC[N-]CC.CC[N-]CC.CC[N-]CC.[Ti+4].c1c[n-]nn1. The number of rotatable bonds is 6. The zero-order valence-corrected chi connectivity index (χ0v) is 16.1. The van der Waals surface area contributed by atoms with E-state index in [0.717, 1.165) is 39.3 Å². The van der Waals surface area contributed by atoms with Crippen LogP contribution in [-0.4, -0.2) is 49.6 Å². The molecule has 0 spiro atoms. The summed E-state index contributed by atoms with van der Waals surface area (Å²) in [7, 11) is 0. The molecule has 0 aliphatic carbocycles. The van der Waals surface area contributed by atoms with E-state index >= 15 is 0 Å². The van der Waals surface area contributed by atoms with Crippen molar-refractivity contribution in [3.8, 4) is 0 Å². The molecule has 1 aromatic heterocycles. The largest absolute Gasteiger partial charge is 4.00 e. The zero-order chi connectivity index (χ0) is 15.9. The quantitative estimate of drug-likeness (QED) is 0.746. The van der Waals surface area contributed by atoms with Gasteiger partial charge in [0.15, 0.2) is 0 Å². The summed E-state index contributed by atoms with van der Waals surface area (Å²) in [5.41, 5.74) is 0. The van der Waals surface area contributed by atoms with E-state index in [9.17, 15) is 0 Å². The first-order valence-electron chi connectivity index (χ1n) is 7.39. The Morgan fingerprint density at radius 3 is 1.10 bits per heavy atom. The molecule has 0 saturated heterocycles. The van der Waals surface area contributed by atoms with Crippen LogP contribution < -0.4 is 5.10 Å². The standard InChI is InChI=1S/3C4H10N.C2H2N3.Ti/c3*1-3-5-4-2;1-2-4-5-3-1;/h3*3-4H2,1-2H3;1-2H;/q4*-1;+4. The van der Waals surface area contributed by atoms with Crippen LogP contribution in [0.15, 0.2) is 12.4 Å². The molecule has 6 nitrogen and oxygen atoms in total. The van der Waals surface area contributed by atoms with E-state index in [-0.39, 0.29) is 21.7 Å². The van der Waals surface area contributed by atoms with Gasteiger partial charge in [-0.15, -0.1) is 0 Å². The van der Waals surface area contributed by atoms with E-state index in [2.05, 4.69) is 31.4 Å². The molecule has 0 aliphatic rings. The van der Waals surface area contributed by atoms with Crippen LogP contribution in [0.5, 0.6) is 0 Å². The van der Waals surface area contributed by atoms with E-state index < -0.39 is 0 Å². The molecule has 7 heteroatoms. The zero-order valence-electron chi connectivity index (χ0n) is 14.6. The molecule has 0 N–H and O–H groups in total. The third kappa shape index (κ3) is 53.9. The number of hydrogen-bond donors (Lipinski definition) is 0. The summed E-state index contributed by atoms with van der Waals surface area (Å²) in [6, 6.07) is 0. The average molecular weight is 332 g/mol. The van der Waals surface area contributed by atoms with Crippen LogP contribution in [0.1, 0.15) is 41.5 Å². The van der Waals surface area contributed by atoms with Crippen molar-refractivity contribution in [3.05, 3.63) is 28.3 Å².